The predicted molar refractivity (Wildman–Crippen MR) is 116 cm³/mol. The fourth-order valence-electron chi connectivity index (χ4n) is 4.15. The molecule has 4 rings (SSSR count). The lowest BCUT2D eigenvalue weighted by Gasteiger charge is -2.38. The molecule has 1 aromatic carbocycles. The minimum atomic E-state index is -0.352. The second kappa shape index (κ2) is 9.45. The molecule has 8 heteroatoms. The van der Waals surface area contributed by atoms with E-state index in [0.717, 1.165) is 37.1 Å². The van der Waals surface area contributed by atoms with Crippen molar-refractivity contribution in [3.8, 4) is 0 Å². The highest BCUT2D eigenvalue weighted by Gasteiger charge is 2.32. The zero-order valence-corrected chi connectivity index (χ0v) is 18.3. The van der Waals surface area contributed by atoms with Crippen LogP contribution in [0.25, 0.3) is 0 Å². The zero-order chi connectivity index (χ0) is 21.1. The summed E-state index contributed by atoms with van der Waals surface area (Å²) >= 11 is 7.61. The molecule has 3 heterocycles. The average molecular weight is 450 g/mol. The van der Waals surface area contributed by atoms with Crippen LogP contribution in [0, 0.1) is 11.7 Å². The Kier molecular flexibility index (Phi) is 6.71. The summed E-state index contributed by atoms with van der Waals surface area (Å²) in [6, 6.07) is 9.61. The smallest absolute Gasteiger partial charge is 0.253 e. The van der Waals surface area contributed by atoms with Crippen molar-refractivity contribution in [2.75, 3.05) is 39.3 Å². The minimum absolute atomic E-state index is 0.0232. The van der Waals surface area contributed by atoms with Crippen LogP contribution >= 0.6 is 22.9 Å². The fourth-order valence-corrected chi connectivity index (χ4v) is 5.28. The molecule has 0 radical (unpaired) electrons. The monoisotopic (exact) mass is 449 g/mol. The molecule has 0 N–H and O–H groups in total. The van der Waals surface area contributed by atoms with E-state index >= 15 is 0 Å². The molecule has 0 unspecified atom stereocenters. The lowest BCUT2D eigenvalue weighted by molar-refractivity contribution is -0.138. The average Bonchev–Trinajstić information content (AvgIpc) is 3.18. The van der Waals surface area contributed by atoms with Crippen molar-refractivity contribution in [1.29, 1.82) is 0 Å². The molecule has 0 atom stereocenters. The molecule has 2 saturated heterocycles. The van der Waals surface area contributed by atoms with E-state index < -0.39 is 0 Å². The second-order valence-corrected chi connectivity index (χ2v) is 9.68. The number of carbonyl (C=O) groups is 2. The highest BCUT2D eigenvalue weighted by molar-refractivity contribution is 7.16. The van der Waals surface area contributed by atoms with Crippen molar-refractivity contribution in [1.82, 2.24) is 14.7 Å². The van der Waals surface area contributed by atoms with E-state index in [1.165, 1.54) is 29.1 Å². The summed E-state index contributed by atoms with van der Waals surface area (Å²) in [6.45, 7) is 5.21. The van der Waals surface area contributed by atoms with Gasteiger partial charge in [0.1, 0.15) is 5.82 Å². The van der Waals surface area contributed by atoms with Crippen molar-refractivity contribution in [3.05, 3.63) is 57.0 Å². The zero-order valence-electron chi connectivity index (χ0n) is 16.7. The molecule has 0 aliphatic carbocycles. The van der Waals surface area contributed by atoms with Crippen LogP contribution in [-0.2, 0) is 11.3 Å². The second-order valence-electron chi connectivity index (χ2n) is 7.88. The van der Waals surface area contributed by atoms with Gasteiger partial charge in [0.05, 0.1) is 4.34 Å². The van der Waals surface area contributed by atoms with E-state index in [-0.39, 0.29) is 23.5 Å². The Balaban J connectivity index is 1.23. The van der Waals surface area contributed by atoms with Crippen LogP contribution in [0.3, 0.4) is 0 Å². The van der Waals surface area contributed by atoms with E-state index in [0.29, 0.717) is 31.5 Å². The lowest BCUT2D eigenvalue weighted by Crippen LogP contribution is -2.51. The molecule has 0 spiro atoms. The van der Waals surface area contributed by atoms with E-state index in [9.17, 15) is 14.0 Å². The van der Waals surface area contributed by atoms with Gasteiger partial charge in [-0.3, -0.25) is 14.5 Å². The van der Waals surface area contributed by atoms with E-state index in [1.807, 2.05) is 11.0 Å². The molecule has 1 aromatic heterocycles. The number of rotatable bonds is 4. The van der Waals surface area contributed by atoms with Crippen LogP contribution in [0.2, 0.25) is 4.34 Å². The maximum Gasteiger partial charge on any atom is 0.253 e. The molecular weight excluding hydrogens is 425 g/mol. The first-order chi connectivity index (χ1) is 14.5. The van der Waals surface area contributed by atoms with Crippen molar-refractivity contribution in [2.45, 2.75) is 19.4 Å². The number of benzene rings is 1. The van der Waals surface area contributed by atoms with Crippen LogP contribution < -0.4 is 0 Å². The van der Waals surface area contributed by atoms with Gasteiger partial charge in [0.25, 0.3) is 5.91 Å². The molecule has 2 aliphatic heterocycles. The summed E-state index contributed by atoms with van der Waals surface area (Å²) in [7, 11) is 0. The Bertz CT molecular complexity index is 888. The van der Waals surface area contributed by atoms with Gasteiger partial charge in [-0.15, -0.1) is 11.3 Å². The third-order valence-corrected chi connectivity index (χ3v) is 7.13. The molecule has 0 saturated carbocycles. The summed E-state index contributed by atoms with van der Waals surface area (Å²) in [5, 5.41) is 0. The van der Waals surface area contributed by atoms with Crippen LogP contribution in [0.4, 0.5) is 4.39 Å². The van der Waals surface area contributed by atoms with Gasteiger partial charge in [0.15, 0.2) is 0 Å². The fraction of sp³-hybridized carbons (Fsp3) is 0.455. The van der Waals surface area contributed by atoms with Crippen molar-refractivity contribution in [2.24, 2.45) is 5.92 Å². The summed E-state index contributed by atoms with van der Waals surface area (Å²) < 4.78 is 13.9. The molecule has 2 aromatic rings. The third-order valence-electron chi connectivity index (χ3n) is 5.91. The van der Waals surface area contributed by atoms with Gasteiger partial charge in [0.2, 0.25) is 5.91 Å². The number of hydrogen-bond acceptors (Lipinski definition) is 4. The molecule has 2 fully saturated rings. The van der Waals surface area contributed by atoms with Gasteiger partial charge in [-0.05, 0) is 49.2 Å². The predicted octanol–water partition coefficient (Wildman–Crippen LogP) is 3.74. The number of likely N-dealkylation sites (tertiary alicyclic amines) is 1. The molecule has 5 nitrogen and oxygen atoms in total. The van der Waals surface area contributed by atoms with Crippen LogP contribution in [-0.4, -0.2) is 65.8 Å². The number of hydrogen-bond donors (Lipinski definition) is 0. The van der Waals surface area contributed by atoms with E-state index in [1.54, 1.807) is 16.2 Å². The number of carbonyl (C=O) groups excluding carboxylic acids is 2. The Hall–Kier alpha value is -1.96. The number of piperazine rings is 1. The van der Waals surface area contributed by atoms with Gasteiger partial charge in [0, 0.05) is 62.2 Å². The number of nitrogens with zero attached hydrogens (tertiary/aromatic N) is 3. The van der Waals surface area contributed by atoms with Crippen molar-refractivity contribution in [3.63, 3.8) is 0 Å². The van der Waals surface area contributed by atoms with Crippen LogP contribution in [0.15, 0.2) is 36.4 Å². The van der Waals surface area contributed by atoms with Gasteiger partial charge in [-0.1, -0.05) is 11.6 Å². The summed E-state index contributed by atoms with van der Waals surface area (Å²) in [5.74, 6) is -0.258. The SMILES string of the molecule is O=C(c1ccc(F)cc1)N1CCC(C(=O)N2CCN(Cc3ccc(Cl)s3)CC2)CC1. The van der Waals surface area contributed by atoms with Crippen LogP contribution in [0.5, 0.6) is 0 Å². The number of halogens is 2. The molecule has 0 bridgehead atoms. The molecule has 2 aliphatic rings. The maximum atomic E-state index is 13.1. The molecule has 160 valence electrons. The van der Waals surface area contributed by atoms with Gasteiger partial charge in [-0.2, -0.15) is 0 Å². The number of piperidine rings is 1. The normalized spacial score (nSPS) is 18.6. The minimum Gasteiger partial charge on any atom is -0.340 e. The van der Waals surface area contributed by atoms with Crippen molar-refractivity contribution < 1.29 is 14.0 Å². The van der Waals surface area contributed by atoms with Gasteiger partial charge < -0.3 is 9.80 Å². The quantitative estimate of drug-likeness (QED) is 0.714. The molecular formula is C22H25ClFN3O2S. The first-order valence-corrected chi connectivity index (χ1v) is 11.5. The maximum absolute atomic E-state index is 13.1. The van der Waals surface area contributed by atoms with Crippen molar-refractivity contribution >= 4 is 34.8 Å². The van der Waals surface area contributed by atoms with Gasteiger partial charge in [-0.25, -0.2) is 4.39 Å². The largest absolute Gasteiger partial charge is 0.340 e. The number of thiophene rings is 1. The Morgan fingerprint density at radius 3 is 2.20 bits per heavy atom. The summed E-state index contributed by atoms with van der Waals surface area (Å²) in [4.78, 5) is 32.9. The first-order valence-electron chi connectivity index (χ1n) is 10.3. The van der Waals surface area contributed by atoms with Crippen LogP contribution in [0.1, 0.15) is 28.1 Å². The summed E-state index contributed by atoms with van der Waals surface area (Å²) in [5.41, 5.74) is 0.490. The number of amides is 2. The Morgan fingerprint density at radius 2 is 1.60 bits per heavy atom. The topological polar surface area (TPSA) is 43.9 Å². The third kappa shape index (κ3) is 5.02. The highest BCUT2D eigenvalue weighted by Crippen LogP contribution is 2.25. The molecule has 2 amide bonds. The van der Waals surface area contributed by atoms with E-state index in [2.05, 4.69) is 11.0 Å². The Labute approximate surface area is 185 Å². The molecule has 30 heavy (non-hydrogen) atoms. The highest BCUT2D eigenvalue weighted by atomic mass is 35.5. The standard InChI is InChI=1S/C22H25ClFN3O2S/c23-20-6-5-19(30-20)15-25-11-13-27(14-12-25)22(29)17-7-9-26(10-8-17)21(28)16-1-3-18(24)4-2-16/h1-6,17H,7-15H2. The Morgan fingerprint density at radius 1 is 0.933 bits per heavy atom. The lowest BCUT2D eigenvalue weighted by atomic mass is 9.94. The van der Waals surface area contributed by atoms with Gasteiger partial charge >= 0.3 is 0 Å². The summed E-state index contributed by atoms with van der Waals surface area (Å²) in [6.07, 6.45) is 1.36. The first kappa shape index (κ1) is 21.3. The van der Waals surface area contributed by atoms with E-state index in [4.69, 9.17) is 11.6 Å².